The summed E-state index contributed by atoms with van der Waals surface area (Å²) in [5.41, 5.74) is 0. The van der Waals surface area contributed by atoms with Crippen LogP contribution in [0.15, 0.2) is 91.0 Å². The molecule has 3 heteroatoms. The Morgan fingerprint density at radius 2 is 1.12 bits per heavy atom. The molecule has 1 aliphatic heterocycles. The molecule has 0 aliphatic carbocycles. The van der Waals surface area contributed by atoms with Gasteiger partial charge in [-0.3, -0.25) is 0 Å². The predicted octanol–water partition coefficient (Wildman–Crippen LogP) is 4.04. The van der Waals surface area contributed by atoms with E-state index in [4.69, 9.17) is 0 Å². The van der Waals surface area contributed by atoms with Gasteiger partial charge in [-0.25, -0.2) is 0 Å². The predicted molar refractivity (Wildman–Crippen MR) is 113 cm³/mol. The molecule has 0 N–H and O–H groups in total. The molecule has 4 rings (SSSR count). The summed E-state index contributed by atoms with van der Waals surface area (Å²) in [4.78, 5) is 13.1. The number of nitroso groups, excluding NO2 is 1. The van der Waals surface area contributed by atoms with Crippen LogP contribution in [0.2, 0.25) is 0 Å². The van der Waals surface area contributed by atoms with Crippen LogP contribution in [0.1, 0.15) is 12.8 Å². The molecule has 0 aromatic heterocycles. The fourth-order valence-electron chi connectivity index (χ4n) is 4.77. The third-order valence-corrected chi connectivity index (χ3v) is 13.1. The molecule has 0 amide bonds. The minimum atomic E-state index is -2.96. The standard InChI is InChI=1S/C23H25NOP/c1-26(20-12-5-2-6-13-20,21-14-7-3-8-15-21,22-16-9-4-10-17-22)23-18-11-19-24(23)25/h2-10,12-17,23H,11,18-19H2,1H3/q+1. The molecule has 0 spiro atoms. The zero-order valence-corrected chi connectivity index (χ0v) is 16.1. The van der Waals surface area contributed by atoms with E-state index >= 15 is 0 Å². The molecule has 132 valence electrons. The van der Waals surface area contributed by atoms with Gasteiger partial charge in [0.2, 0.25) is 0 Å². The summed E-state index contributed by atoms with van der Waals surface area (Å²) < 4.78 is 1.37. The Hall–Kier alpha value is -2.31. The summed E-state index contributed by atoms with van der Waals surface area (Å²) in [5, 5.41) is 3.89. The van der Waals surface area contributed by atoms with Crippen LogP contribution < -0.4 is 15.9 Å². The maximum absolute atomic E-state index is 13.1. The number of benzene rings is 3. The van der Waals surface area contributed by atoms with Crippen molar-refractivity contribution in [2.45, 2.75) is 18.6 Å². The maximum atomic E-state index is 13.1. The van der Waals surface area contributed by atoms with E-state index in [0.717, 1.165) is 12.8 Å². The van der Waals surface area contributed by atoms with Gasteiger partial charge in [-0.15, -0.1) is 0 Å². The first-order chi connectivity index (χ1) is 12.7. The Morgan fingerprint density at radius 3 is 1.42 bits per heavy atom. The zero-order valence-electron chi connectivity index (χ0n) is 15.2. The number of nitrogens with zero attached hydrogens (tertiary/aromatic N) is 1. The molecule has 2 nitrogen and oxygen atoms in total. The van der Waals surface area contributed by atoms with Gasteiger partial charge in [0, 0.05) is 0 Å². The fraction of sp³-hybridized carbons (Fsp3) is 0.217. The third-order valence-electron chi connectivity index (χ3n) is 6.18. The first kappa shape index (κ1) is 17.1. The van der Waals surface area contributed by atoms with Crippen molar-refractivity contribution in [1.82, 2.24) is 0 Å². The molecule has 0 radical (unpaired) electrons. The van der Waals surface area contributed by atoms with Crippen molar-refractivity contribution in [1.29, 1.82) is 0 Å². The average molecular weight is 362 g/mol. The third kappa shape index (κ3) is 2.29. The second-order valence-electron chi connectivity index (χ2n) is 7.42. The molecule has 26 heavy (non-hydrogen) atoms. The van der Waals surface area contributed by atoms with Crippen molar-refractivity contribution in [3.05, 3.63) is 95.9 Å². The summed E-state index contributed by atoms with van der Waals surface area (Å²) in [6.07, 6.45) is 1.91. The molecular formula is C23H25NOP+. The molecular weight excluding hydrogens is 337 g/mol. The summed E-state index contributed by atoms with van der Waals surface area (Å²) in [5.74, 6) is -0.0202. The van der Waals surface area contributed by atoms with E-state index in [2.05, 4.69) is 97.7 Å². The van der Waals surface area contributed by atoms with Gasteiger partial charge in [0.1, 0.15) is 0 Å². The molecule has 1 atom stereocenters. The molecule has 3 aromatic rings. The van der Waals surface area contributed by atoms with E-state index in [1.165, 1.54) is 20.7 Å². The van der Waals surface area contributed by atoms with Crippen molar-refractivity contribution in [2.75, 3.05) is 13.2 Å². The van der Waals surface area contributed by atoms with Crippen molar-refractivity contribution in [3.63, 3.8) is 0 Å². The summed E-state index contributed by atoms with van der Waals surface area (Å²) in [6.45, 7) is 0.0653. The Balaban J connectivity index is 2.16. The Kier molecular flexibility index (Phi) is 4.25. The second kappa shape index (κ2) is 6.45. The fourth-order valence-corrected chi connectivity index (χ4v) is 11.1. The summed E-state index contributed by atoms with van der Waals surface area (Å²) in [6, 6.07) is 32.2. The van der Waals surface area contributed by atoms with Crippen molar-refractivity contribution >= 4 is 22.5 Å². The second-order valence-corrected chi connectivity index (χ2v) is 12.9. The molecule has 1 aliphatic rings. The van der Waals surface area contributed by atoms with Gasteiger partial charge in [-0.1, -0.05) is 0 Å². The molecule has 0 bridgehead atoms. The van der Waals surface area contributed by atoms with Gasteiger partial charge in [0.25, 0.3) is 0 Å². The summed E-state index contributed by atoms with van der Waals surface area (Å²) >= 11 is 0. The van der Waals surface area contributed by atoms with Crippen LogP contribution in [-0.2, 0) is 0 Å². The van der Waals surface area contributed by atoms with Crippen molar-refractivity contribution < 1.29 is 4.76 Å². The Morgan fingerprint density at radius 1 is 0.731 bits per heavy atom. The van der Waals surface area contributed by atoms with Crippen LogP contribution in [0.3, 0.4) is 0 Å². The monoisotopic (exact) mass is 362 g/mol. The number of hydrogen-bond acceptors (Lipinski definition) is 1. The van der Waals surface area contributed by atoms with Gasteiger partial charge < -0.3 is 0 Å². The van der Waals surface area contributed by atoms with Gasteiger partial charge in [0.15, 0.2) is 0 Å². The number of rotatable bonds is 4. The van der Waals surface area contributed by atoms with Gasteiger partial charge in [0.05, 0.1) is 0 Å². The van der Waals surface area contributed by atoms with E-state index in [9.17, 15) is 4.91 Å². The average Bonchev–Trinajstić information content (AvgIpc) is 3.16. The quantitative estimate of drug-likeness (QED) is 0.507. The van der Waals surface area contributed by atoms with E-state index in [1.54, 1.807) is 0 Å². The molecule has 1 fully saturated rings. The van der Waals surface area contributed by atoms with Crippen molar-refractivity contribution in [3.8, 4) is 0 Å². The zero-order chi connectivity index (χ0) is 18.1. The molecule has 0 saturated carbocycles. The van der Waals surface area contributed by atoms with E-state index in [-0.39, 0.29) is 5.78 Å². The molecule has 1 unspecified atom stereocenters. The molecule has 1 heterocycles. The normalized spacial score (nSPS) is 19.0. The van der Waals surface area contributed by atoms with Crippen LogP contribution in [-0.4, -0.2) is 23.8 Å². The van der Waals surface area contributed by atoms with Gasteiger partial charge in [-0.05, 0) is 0 Å². The van der Waals surface area contributed by atoms with Crippen LogP contribution in [0, 0.1) is 4.91 Å². The first-order valence-corrected chi connectivity index (χ1v) is 12.0. The molecule has 1 saturated heterocycles. The van der Waals surface area contributed by atoms with Crippen LogP contribution in [0.25, 0.3) is 0 Å². The van der Waals surface area contributed by atoms with Gasteiger partial charge >= 0.3 is 155 Å². The first-order valence-electron chi connectivity index (χ1n) is 9.27. The van der Waals surface area contributed by atoms with Crippen LogP contribution >= 0.6 is 6.60 Å². The van der Waals surface area contributed by atoms with E-state index in [1.807, 2.05) is 0 Å². The van der Waals surface area contributed by atoms with Crippen molar-refractivity contribution in [2.24, 2.45) is 0 Å². The minimum absolute atomic E-state index is 0.0202. The number of hydrogen-bond donors (Lipinski definition) is 0. The molecule has 3 aromatic carbocycles. The topological polar surface area (TPSA) is 20.1 Å². The van der Waals surface area contributed by atoms with Crippen LogP contribution in [0.5, 0.6) is 0 Å². The Bertz CT molecular complexity index is 809. The SMILES string of the molecule is CP(c1ccccc1)(c1ccccc1)(c1ccccc1)C1CCC[N+]1=O. The Labute approximate surface area is 155 Å². The van der Waals surface area contributed by atoms with Gasteiger partial charge in [-0.2, -0.15) is 0 Å². The van der Waals surface area contributed by atoms with E-state index in [0.29, 0.717) is 6.54 Å². The van der Waals surface area contributed by atoms with E-state index < -0.39 is 6.60 Å². The van der Waals surface area contributed by atoms with Crippen LogP contribution in [0.4, 0.5) is 0 Å². The summed E-state index contributed by atoms with van der Waals surface area (Å²) in [7, 11) is 0.